The second-order valence-corrected chi connectivity index (χ2v) is 9.54. The lowest BCUT2D eigenvalue weighted by Crippen LogP contribution is -2.26. The second-order valence-electron chi connectivity index (χ2n) is 9.54. The Balaban J connectivity index is 1.71. The van der Waals surface area contributed by atoms with Crippen molar-refractivity contribution in [3.63, 3.8) is 0 Å². The lowest BCUT2D eigenvalue weighted by molar-refractivity contribution is 0.206. The van der Waals surface area contributed by atoms with Crippen molar-refractivity contribution in [1.29, 1.82) is 0 Å². The molecule has 0 radical (unpaired) electrons. The number of hydrogen-bond donors (Lipinski definition) is 0. The number of aryl methyl sites for hydroxylation is 1. The van der Waals surface area contributed by atoms with Crippen LogP contribution in [0.4, 0.5) is 0 Å². The predicted octanol–water partition coefficient (Wildman–Crippen LogP) is 8.49. The molecule has 0 amide bonds. The van der Waals surface area contributed by atoms with Gasteiger partial charge < -0.3 is 0 Å². The maximum atomic E-state index is 4.80. The highest BCUT2D eigenvalue weighted by molar-refractivity contribution is 6.02. The fourth-order valence-electron chi connectivity index (χ4n) is 5.42. The molecule has 2 heteroatoms. The van der Waals surface area contributed by atoms with Gasteiger partial charge in [0.25, 0.3) is 0 Å². The molecular weight excluding hydrogens is 388 g/mol. The SMILES string of the molecule is CCCc1ccc(C=NN=C(c2ccccc2)[C@H]2CC[C@H](C(CCC)CCC)CC2)cc1. The lowest BCUT2D eigenvalue weighted by atomic mass is 9.71. The Bertz CT molecular complexity index is 821. The zero-order chi connectivity index (χ0) is 22.6. The fourth-order valence-corrected chi connectivity index (χ4v) is 5.42. The van der Waals surface area contributed by atoms with Gasteiger partial charge >= 0.3 is 0 Å². The van der Waals surface area contributed by atoms with Gasteiger partial charge in [-0.2, -0.15) is 10.2 Å². The molecule has 2 nitrogen and oxygen atoms in total. The summed E-state index contributed by atoms with van der Waals surface area (Å²) in [6.07, 6.45) is 14.8. The van der Waals surface area contributed by atoms with E-state index >= 15 is 0 Å². The highest BCUT2D eigenvalue weighted by atomic mass is 15.2. The first-order chi connectivity index (χ1) is 15.7. The van der Waals surface area contributed by atoms with Crippen molar-refractivity contribution < 1.29 is 0 Å². The standard InChI is InChI=1S/C30H42N2/c1-4-10-24-15-17-25(18-16-24)23-31-32-30(28-13-8-7-9-14-28)29-21-19-27(20-22-29)26(11-5-2)12-6-3/h7-9,13-18,23,26-27,29H,4-6,10-12,19-22H2,1-3H3/t27-,29-. The number of rotatable bonds is 11. The molecule has 2 aromatic carbocycles. The molecule has 1 fully saturated rings. The monoisotopic (exact) mass is 430 g/mol. The van der Waals surface area contributed by atoms with Gasteiger partial charge in [0.1, 0.15) is 0 Å². The Morgan fingerprint density at radius 1 is 0.844 bits per heavy atom. The van der Waals surface area contributed by atoms with E-state index in [1.165, 1.54) is 74.6 Å². The summed E-state index contributed by atoms with van der Waals surface area (Å²) in [5, 5.41) is 9.35. The van der Waals surface area contributed by atoms with E-state index in [2.05, 4.69) is 80.5 Å². The van der Waals surface area contributed by atoms with Crippen molar-refractivity contribution >= 4 is 11.9 Å². The van der Waals surface area contributed by atoms with Gasteiger partial charge in [0.15, 0.2) is 0 Å². The Morgan fingerprint density at radius 2 is 1.50 bits per heavy atom. The smallest absolute Gasteiger partial charge is 0.0733 e. The first-order valence-corrected chi connectivity index (χ1v) is 13.0. The molecule has 172 valence electrons. The summed E-state index contributed by atoms with van der Waals surface area (Å²) in [6.45, 7) is 6.89. The quantitative estimate of drug-likeness (QED) is 0.252. The highest BCUT2D eigenvalue weighted by Crippen LogP contribution is 2.38. The lowest BCUT2D eigenvalue weighted by Gasteiger charge is -2.34. The average molecular weight is 431 g/mol. The third kappa shape index (κ3) is 7.15. The van der Waals surface area contributed by atoms with Crippen LogP contribution in [0.3, 0.4) is 0 Å². The molecule has 0 unspecified atom stereocenters. The van der Waals surface area contributed by atoms with Gasteiger partial charge in [-0.05, 0) is 60.6 Å². The molecule has 1 saturated carbocycles. The first-order valence-electron chi connectivity index (χ1n) is 13.0. The molecule has 0 saturated heterocycles. The van der Waals surface area contributed by atoms with Crippen molar-refractivity contribution in [3.8, 4) is 0 Å². The van der Waals surface area contributed by atoms with Gasteiger partial charge in [-0.3, -0.25) is 0 Å². The normalized spacial score (nSPS) is 19.7. The maximum absolute atomic E-state index is 4.80. The molecule has 0 heterocycles. The van der Waals surface area contributed by atoms with Crippen LogP contribution in [0.1, 0.15) is 95.2 Å². The maximum Gasteiger partial charge on any atom is 0.0733 e. The summed E-state index contributed by atoms with van der Waals surface area (Å²) in [6, 6.07) is 19.4. The van der Waals surface area contributed by atoms with E-state index in [0.717, 1.165) is 23.8 Å². The van der Waals surface area contributed by atoms with Crippen LogP contribution in [0.2, 0.25) is 0 Å². The number of nitrogens with zero attached hydrogens (tertiary/aromatic N) is 2. The second kappa shape index (κ2) is 13.4. The molecule has 0 aromatic heterocycles. The fraction of sp³-hybridized carbons (Fsp3) is 0.533. The Kier molecular flexibility index (Phi) is 10.2. The zero-order valence-corrected chi connectivity index (χ0v) is 20.5. The van der Waals surface area contributed by atoms with Crippen LogP contribution in [0, 0.1) is 17.8 Å². The third-order valence-electron chi connectivity index (χ3n) is 7.10. The largest absolute Gasteiger partial charge is 0.158 e. The first kappa shape index (κ1) is 24.4. The van der Waals surface area contributed by atoms with Crippen molar-refractivity contribution in [3.05, 3.63) is 71.3 Å². The number of hydrogen-bond acceptors (Lipinski definition) is 2. The summed E-state index contributed by atoms with van der Waals surface area (Å²) >= 11 is 0. The summed E-state index contributed by atoms with van der Waals surface area (Å²) in [7, 11) is 0. The average Bonchev–Trinajstić information content (AvgIpc) is 2.84. The van der Waals surface area contributed by atoms with Gasteiger partial charge in [0.05, 0.1) is 11.9 Å². The Morgan fingerprint density at radius 3 is 2.09 bits per heavy atom. The molecule has 1 aliphatic rings. The van der Waals surface area contributed by atoms with Crippen LogP contribution in [0.25, 0.3) is 0 Å². The van der Waals surface area contributed by atoms with E-state index < -0.39 is 0 Å². The summed E-state index contributed by atoms with van der Waals surface area (Å²) in [5.41, 5.74) is 4.90. The van der Waals surface area contributed by atoms with Gasteiger partial charge in [-0.25, -0.2) is 0 Å². The molecule has 0 spiro atoms. The van der Waals surface area contributed by atoms with Gasteiger partial charge in [0.2, 0.25) is 0 Å². The van der Waals surface area contributed by atoms with E-state index in [9.17, 15) is 0 Å². The molecule has 2 aromatic rings. The molecule has 0 aliphatic heterocycles. The Hall–Kier alpha value is -2.22. The van der Waals surface area contributed by atoms with Crippen LogP contribution in [-0.4, -0.2) is 11.9 Å². The summed E-state index contributed by atoms with van der Waals surface area (Å²) in [4.78, 5) is 0. The molecule has 3 rings (SSSR count). The van der Waals surface area contributed by atoms with E-state index in [4.69, 9.17) is 5.10 Å². The van der Waals surface area contributed by atoms with E-state index in [-0.39, 0.29) is 0 Å². The third-order valence-corrected chi connectivity index (χ3v) is 7.10. The van der Waals surface area contributed by atoms with E-state index in [1.807, 2.05) is 6.21 Å². The van der Waals surface area contributed by atoms with Crippen LogP contribution in [-0.2, 0) is 6.42 Å². The van der Waals surface area contributed by atoms with Crippen LogP contribution < -0.4 is 0 Å². The zero-order valence-electron chi connectivity index (χ0n) is 20.5. The van der Waals surface area contributed by atoms with Crippen LogP contribution in [0.15, 0.2) is 64.8 Å². The van der Waals surface area contributed by atoms with Crippen molar-refractivity contribution in [1.82, 2.24) is 0 Å². The van der Waals surface area contributed by atoms with Crippen molar-refractivity contribution in [2.24, 2.45) is 28.0 Å². The minimum atomic E-state index is 0.515. The van der Waals surface area contributed by atoms with E-state index in [0.29, 0.717) is 5.92 Å². The van der Waals surface area contributed by atoms with Gasteiger partial charge in [-0.1, -0.05) is 107 Å². The molecule has 0 bridgehead atoms. The van der Waals surface area contributed by atoms with Gasteiger partial charge in [-0.15, -0.1) is 0 Å². The van der Waals surface area contributed by atoms with Crippen LogP contribution >= 0.6 is 0 Å². The molecular formula is C30H42N2. The van der Waals surface area contributed by atoms with Gasteiger partial charge in [0, 0.05) is 5.92 Å². The molecule has 32 heavy (non-hydrogen) atoms. The van der Waals surface area contributed by atoms with Crippen LogP contribution in [0.5, 0.6) is 0 Å². The summed E-state index contributed by atoms with van der Waals surface area (Å²) in [5.74, 6) is 2.33. The highest BCUT2D eigenvalue weighted by Gasteiger charge is 2.29. The predicted molar refractivity (Wildman–Crippen MR) is 140 cm³/mol. The molecule has 1 aliphatic carbocycles. The minimum Gasteiger partial charge on any atom is -0.158 e. The van der Waals surface area contributed by atoms with Crippen molar-refractivity contribution in [2.75, 3.05) is 0 Å². The number of benzene rings is 2. The summed E-state index contributed by atoms with van der Waals surface area (Å²) < 4.78 is 0. The molecule has 0 atom stereocenters. The van der Waals surface area contributed by atoms with Crippen molar-refractivity contribution in [2.45, 2.75) is 85.0 Å². The minimum absolute atomic E-state index is 0.515. The topological polar surface area (TPSA) is 24.7 Å². The van der Waals surface area contributed by atoms with E-state index in [1.54, 1.807) is 0 Å². The Labute approximate surface area is 196 Å². The molecule has 0 N–H and O–H groups in total.